The third kappa shape index (κ3) is 2.33. The van der Waals surface area contributed by atoms with Crippen molar-refractivity contribution in [2.24, 2.45) is 5.92 Å². The fraction of sp³-hybridized carbons (Fsp3) is 0.667. The summed E-state index contributed by atoms with van der Waals surface area (Å²) in [6, 6.07) is 0. The van der Waals surface area contributed by atoms with Gasteiger partial charge in [0.15, 0.2) is 0 Å². The Kier molecular flexibility index (Phi) is 2.96. The number of aryl methyl sites for hydroxylation is 1. The molecule has 1 fully saturated rings. The van der Waals surface area contributed by atoms with Crippen LogP contribution in [0.25, 0.3) is 0 Å². The second-order valence-corrected chi connectivity index (χ2v) is 3.76. The molecule has 1 aliphatic heterocycles. The largest absolute Gasteiger partial charge is 0.396 e. The zero-order chi connectivity index (χ0) is 10.7. The van der Waals surface area contributed by atoms with Gasteiger partial charge >= 0.3 is 0 Å². The van der Waals surface area contributed by atoms with Crippen LogP contribution in [0, 0.1) is 5.92 Å². The van der Waals surface area contributed by atoms with Gasteiger partial charge in [-0.2, -0.15) is 0 Å². The Morgan fingerprint density at radius 2 is 2.33 bits per heavy atom. The van der Waals surface area contributed by atoms with Crippen molar-refractivity contribution in [1.82, 2.24) is 19.9 Å². The van der Waals surface area contributed by atoms with Gasteiger partial charge in [-0.25, -0.2) is 0 Å². The Morgan fingerprint density at radius 3 is 2.93 bits per heavy atom. The minimum atomic E-state index is 0.121. The van der Waals surface area contributed by atoms with E-state index in [0.29, 0.717) is 26.1 Å². The van der Waals surface area contributed by atoms with Crippen LogP contribution in [-0.4, -0.2) is 50.6 Å². The highest BCUT2D eigenvalue weighted by Crippen LogP contribution is 2.15. The van der Waals surface area contributed by atoms with Crippen LogP contribution in [0.3, 0.4) is 0 Å². The van der Waals surface area contributed by atoms with Crippen LogP contribution in [0.2, 0.25) is 0 Å². The maximum atomic E-state index is 11.6. The van der Waals surface area contributed by atoms with Gasteiger partial charge in [-0.05, 0) is 0 Å². The first-order chi connectivity index (χ1) is 7.29. The first-order valence-corrected chi connectivity index (χ1v) is 5.02. The standard InChI is InChI=1S/C9H14N4O2/c14-7-8-5-12(6-8)9(15)1-3-13-4-2-10-11-13/h2,4,8,14H,1,3,5-7H2. The van der Waals surface area contributed by atoms with Gasteiger partial charge in [0.25, 0.3) is 0 Å². The fourth-order valence-electron chi connectivity index (χ4n) is 1.61. The average Bonchev–Trinajstić information content (AvgIpc) is 2.65. The Labute approximate surface area is 87.5 Å². The highest BCUT2D eigenvalue weighted by Gasteiger charge is 2.29. The molecule has 2 rings (SSSR count). The summed E-state index contributed by atoms with van der Waals surface area (Å²) in [7, 11) is 0. The molecule has 0 aromatic carbocycles. The van der Waals surface area contributed by atoms with Crippen molar-refractivity contribution < 1.29 is 9.90 Å². The molecule has 6 heteroatoms. The van der Waals surface area contributed by atoms with E-state index in [1.807, 2.05) is 0 Å². The molecular formula is C9H14N4O2. The van der Waals surface area contributed by atoms with Crippen LogP contribution < -0.4 is 0 Å². The summed E-state index contributed by atoms with van der Waals surface area (Å²) in [4.78, 5) is 13.3. The normalized spacial score (nSPS) is 16.5. The lowest BCUT2D eigenvalue weighted by molar-refractivity contribution is -0.138. The van der Waals surface area contributed by atoms with Crippen molar-refractivity contribution >= 4 is 5.91 Å². The summed E-state index contributed by atoms with van der Waals surface area (Å²) in [5.41, 5.74) is 0. The molecule has 0 unspecified atom stereocenters. The quantitative estimate of drug-likeness (QED) is 0.700. The summed E-state index contributed by atoms with van der Waals surface area (Å²) in [6.07, 6.45) is 3.78. The molecule has 1 aromatic rings. The van der Waals surface area contributed by atoms with E-state index in [2.05, 4.69) is 10.3 Å². The number of aromatic nitrogens is 3. The van der Waals surface area contributed by atoms with Crippen molar-refractivity contribution in [3.8, 4) is 0 Å². The van der Waals surface area contributed by atoms with Crippen LogP contribution in [0.1, 0.15) is 6.42 Å². The number of hydrogen-bond donors (Lipinski definition) is 1. The summed E-state index contributed by atoms with van der Waals surface area (Å²) in [5.74, 6) is 0.399. The third-order valence-electron chi connectivity index (χ3n) is 2.59. The lowest BCUT2D eigenvalue weighted by Gasteiger charge is -2.38. The maximum absolute atomic E-state index is 11.6. The first kappa shape index (κ1) is 10.1. The summed E-state index contributed by atoms with van der Waals surface area (Å²) < 4.78 is 1.64. The molecule has 15 heavy (non-hydrogen) atoms. The monoisotopic (exact) mass is 210 g/mol. The number of carbonyl (C=O) groups excluding carboxylic acids is 1. The van der Waals surface area contributed by atoms with Gasteiger partial charge < -0.3 is 10.0 Å². The first-order valence-electron chi connectivity index (χ1n) is 5.02. The number of aliphatic hydroxyl groups excluding tert-OH is 1. The molecule has 0 spiro atoms. The number of carbonyl (C=O) groups is 1. The SMILES string of the molecule is O=C(CCn1ccnn1)N1CC(CO)C1. The number of amides is 1. The number of likely N-dealkylation sites (tertiary alicyclic amines) is 1. The van der Waals surface area contributed by atoms with Crippen LogP contribution in [0.15, 0.2) is 12.4 Å². The molecule has 0 bridgehead atoms. The van der Waals surface area contributed by atoms with E-state index >= 15 is 0 Å². The molecule has 2 heterocycles. The molecule has 0 radical (unpaired) electrons. The van der Waals surface area contributed by atoms with E-state index in [0.717, 1.165) is 0 Å². The molecule has 0 atom stereocenters. The van der Waals surface area contributed by atoms with Crippen molar-refractivity contribution in [2.45, 2.75) is 13.0 Å². The molecule has 1 aromatic heterocycles. The second-order valence-electron chi connectivity index (χ2n) is 3.76. The smallest absolute Gasteiger partial charge is 0.224 e. The summed E-state index contributed by atoms with van der Waals surface area (Å²) in [5, 5.41) is 16.2. The van der Waals surface area contributed by atoms with Gasteiger partial charge in [0.1, 0.15) is 0 Å². The molecule has 1 saturated heterocycles. The molecule has 1 amide bonds. The van der Waals surface area contributed by atoms with Crippen LogP contribution in [0.5, 0.6) is 0 Å². The summed E-state index contributed by atoms with van der Waals surface area (Å²) in [6.45, 7) is 2.12. The molecule has 82 valence electrons. The molecule has 1 N–H and O–H groups in total. The number of hydrogen-bond acceptors (Lipinski definition) is 4. The van der Waals surface area contributed by atoms with Crippen LogP contribution in [-0.2, 0) is 11.3 Å². The number of rotatable bonds is 4. The Bertz CT molecular complexity index is 319. The molecule has 0 aliphatic carbocycles. The molecular weight excluding hydrogens is 196 g/mol. The number of nitrogens with zero attached hydrogens (tertiary/aromatic N) is 4. The van der Waals surface area contributed by atoms with Gasteiger partial charge in [-0.3, -0.25) is 9.48 Å². The van der Waals surface area contributed by atoms with E-state index in [9.17, 15) is 4.79 Å². The average molecular weight is 210 g/mol. The third-order valence-corrected chi connectivity index (χ3v) is 2.59. The zero-order valence-corrected chi connectivity index (χ0v) is 8.41. The topological polar surface area (TPSA) is 71.2 Å². The van der Waals surface area contributed by atoms with E-state index < -0.39 is 0 Å². The Hall–Kier alpha value is -1.43. The van der Waals surface area contributed by atoms with Crippen molar-refractivity contribution in [3.05, 3.63) is 12.4 Å². The highest BCUT2D eigenvalue weighted by molar-refractivity contribution is 5.76. The highest BCUT2D eigenvalue weighted by atomic mass is 16.3. The van der Waals surface area contributed by atoms with Gasteiger partial charge in [-0.15, -0.1) is 5.10 Å². The zero-order valence-electron chi connectivity index (χ0n) is 8.41. The van der Waals surface area contributed by atoms with Gasteiger partial charge in [0.2, 0.25) is 5.91 Å². The minimum Gasteiger partial charge on any atom is -0.396 e. The lowest BCUT2D eigenvalue weighted by atomic mass is 10.0. The van der Waals surface area contributed by atoms with Crippen molar-refractivity contribution in [1.29, 1.82) is 0 Å². The minimum absolute atomic E-state index is 0.121. The van der Waals surface area contributed by atoms with E-state index in [4.69, 9.17) is 5.11 Å². The number of aliphatic hydroxyl groups is 1. The van der Waals surface area contributed by atoms with Crippen molar-refractivity contribution in [3.63, 3.8) is 0 Å². The molecule has 6 nitrogen and oxygen atoms in total. The van der Waals surface area contributed by atoms with E-state index in [1.165, 1.54) is 0 Å². The van der Waals surface area contributed by atoms with Gasteiger partial charge in [-0.1, -0.05) is 5.21 Å². The lowest BCUT2D eigenvalue weighted by Crippen LogP contribution is -2.51. The fourth-order valence-corrected chi connectivity index (χ4v) is 1.61. The predicted molar refractivity (Wildman–Crippen MR) is 51.8 cm³/mol. The Balaban J connectivity index is 1.70. The van der Waals surface area contributed by atoms with E-state index in [-0.39, 0.29) is 18.4 Å². The van der Waals surface area contributed by atoms with Gasteiger partial charge in [0, 0.05) is 38.2 Å². The van der Waals surface area contributed by atoms with E-state index in [1.54, 1.807) is 22.0 Å². The van der Waals surface area contributed by atoms with Crippen LogP contribution >= 0.6 is 0 Å². The molecule has 1 aliphatic rings. The maximum Gasteiger partial charge on any atom is 0.224 e. The van der Waals surface area contributed by atoms with Gasteiger partial charge in [0.05, 0.1) is 12.7 Å². The predicted octanol–water partition coefficient (Wildman–Crippen LogP) is -0.881. The molecule has 0 saturated carbocycles. The summed E-state index contributed by atoms with van der Waals surface area (Å²) >= 11 is 0. The Morgan fingerprint density at radius 1 is 1.53 bits per heavy atom. The second kappa shape index (κ2) is 4.39. The van der Waals surface area contributed by atoms with Crippen molar-refractivity contribution in [2.75, 3.05) is 19.7 Å². The van der Waals surface area contributed by atoms with Crippen LogP contribution in [0.4, 0.5) is 0 Å².